The zero-order valence-corrected chi connectivity index (χ0v) is 15.1. The first kappa shape index (κ1) is 17.6. The highest BCUT2D eigenvalue weighted by molar-refractivity contribution is 5.92. The molecule has 1 aliphatic heterocycles. The van der Waals surface area contributed by atoms with Crippen molar-refractivity contribution in [3.63, 3.8) is 0 Å². The summed E-state index contributed by atoms with van der Waals surface area (Å²) >= 11 is 0. The summed E-state index contributed by atoms with van der Waals surface area (Å²) in [6.45, 7) is 7.06. The number of benzene rings is 1. The molecule has 134 valence electrons. The highest BCUT2D eigenvalue weighted by atomic mass is 19.1. The number of hydrogen-bond acceptors (Lipinski definition) is 3. The van der Waals surface area contributed by atoms with Gasteiger partial charge in [-0.2, -0.15) is 0 Å². The van der Waals surface area contributed by atoms with E-state index in [1.807, 2.05) is 35.6 Å². The fourth-order valence-electron chi connectivity index (χ4n) is 3.49. The first-order valence-electron chi connectivity index (χ1n) is 8.78. The Labute approximate surface area is 148 Å². The van der Waals surface area contributed by atoms with Crippen molar-refractivity contribution in [1.29, 1.82) is 0 Å². The van der Waals surface area contributed by atoms with Crippen molar-refractivity contribution in [1.82, 2.24) is 19.4 Å². The van der Waals surface area contributed by atoms with E-state index >= 15 is 0 Å². The lowest BCUT2D eigenvalue weighted by atomic mass is 10.0. The highest BCUT2D eigenvalue weighted by Crippen LogP contribution is 2.26. The van der Waals surface area contributed by atoms with Crippen LogP contribution < -0.4 is 0 Å². The van der Waals surface area contributed by atoms with Crippen LogP contribution in [-0.2, 0) is 7.05 Å². The predicted molar refractivity (Wildman–Crippen MR) is 94.9 cm³/mol. The summed E-state index contributed by atoms with van der Waals surface area (Å²) in [7, 11) is 1.87. The number of carbonyl (C=O) groups excluding carboxylic acids is 1. The SMILES string of the molecule is CCC(c1ccc(F)cc1)N1CCN(C(=O)c2cnc(C)n2C)CC1. The van der Waals surface area contributed by atoms with Gasteiger partial charge in [-0.05, 0) is 31.0 Å². The van der Waals surface area contributed by atoms with E-state index in [0.717, 1.165) is 30.9 Å². The lowest BCUT2D eigenvalue weighted by Crippen LogP contribution is -2.49. The van der Waals surface area contributed by atoms with E-state index in [4.69, 9.17) is 0 Å². The molecule has 1 atom stereocenters. The van der Waals surface area contributed by atoms with E-state index < -0.39 is 0 Å². The molecule has 0 saturated carbocycles. The molecular weight excluding hydrogens is 319 g/mol. The molecule has 2 heterocycles. The average molecular weight is 344 g/mol. The van der Waals surface area contributed by atoms with Crippen LogP contribution in [-0.4, -0.2) is 51.4 Å². The van der Waals surface area contributed by atoms with Crippen LogP contribution in [0.25, 0.3) is 0 Å². The first-order valence-corrected chi connectivity index (χ1v) is 8.78. The number of aryl methyl sites for hydroxylation is 1. The number of carbonyl (C=O) groups is 1. The number of halogens is 1. The summed E-state index contributed by atoms with van der Waals surface area (Å²) < 4.78 is 15.0. The molecule has 0 bridgehead atoms. The molecule has 1 saturated heterocycles. The number of nitrogens with zero attached hydrogens (tertiary/aromatic N) is 4. The summed E-state index contributed by atoms with van der Waals surface area (Å²) in [6.07, 6.45) is 2.61. The van der Waals surface area contributed by atoms with Gasteiger partial charge in [-0.25, -0.2) is 9.37 Å². The minimum atomic E-state index is -0.208. The Morgan fingerprint density at radius 2 is 1.84 bits per heavy atom. The van der Waals surface area contributed by atoms with Crippen LogP contribution in [0.4, 0.5) is 4.39 Å². The zero-order chi connectivity index (χ0) is 18.0. The van der Waals surface area contributed by atoms with Gasteiger partial charge in [-0.3, -0.25) is 9.69 Å². The summed E-state index contributed by atoms with van der Waals surface area (Å²) in [6, 6.07) is 7.01. The second-order valence-electron chi connectivity index (χ2n) is 6.55. The number of amides is 1. The Balaban J connectivity index is 1.65. The van der Waals surface area contributed by atoms with Crippen molar-refractivity contribution in [3.8, 4) is 0 Å². The quantitative estimate of drug-likeness (QED) is 0.856. The number of rotatable bonds is 4. The molecule has 5 nitrogen and oxygen atoms in total. The number of imidazole rings is 1. The van der Waals surface area contributed by atoms with Gasteiger partial charge in [0.1, 0.15) is 17.3 Å². The smallest absolute Gasteiger partial charge is 0.272 e. The van der Waals surface area contributed by atoms with E-state index in [-0.39, 0.29) is 17.8 Å². The summed E-state index contributed by atoms with van der Waals surface area (Å²) in [5.74, 6) is 0.669. The molecule has 6 heteroatoms. The lowest BCUT2D eigenvalue weighted by molar-refractivity contribution is 0.0554. The van der Waals surface area contributed by atoms with E-state index in [1.165, 1.54) is 12.1 Å². The van der Waals surface area contributed by atoms with Crippen LogP contribution in [0.15, 0.2) is 30.5 Å². The van der Waals surface area contributed by atoms with Gasteiger partial charge in [0.05, 0.1) is 6.20 Å². The fraction of sp³-hybridized carbons (Fsp3) is 0.474. The zero-order valence-electron chi connectivity index (χ0n) is 15.1. The Kier molecular flexibility index (Phi) is 5.18. The van der Waals surface area contributed by atoms with Gasteiger partial charge in [-0.15, -0.1) is 0 Å². The van der Waals surface area contributed by atoms with Crippen molar-refractivity contribution in [2.24, 2.45) is 7.05 Å². The topological polar surface area (TPSA) is 41.4 Å². The van der Waals surface area contributed by atoms with Gasteiger partial charge in [0.2, 0.25) is 0 Å². The van der Waals surface area contributed by atoms with Crippen molar-refractivity contribution < 1.29 is 9.18 Å². The Morgan fingerprint density at radius 3 is 2.36 bits per heavy atom. The molecule has 1 aromatic carbocycles. The van der Waals surface area contributed by atoms with E-state index in [9.17, 15) is 9.18 Å². The third kappa shape index (κ3) is 3.58. The molecular formula is C19H25FN4O. The Bertz CT molecular complexity index is 732. The van der Waals surface area contributed by atoms with Crippen LogP contribution in [0.1, 0.15) is 41.3 Å². The van der Waals surface area contributed by atoms with Gasteiger partial charge in [0.15, 0.2) is 0 Å². The maximum absolute atomic E-state index is 13.2. The largest absolute Gasteiger partial charge is 0.335 e. The van der Waals surface area contributed by atoms with E-state index in [2.05, 4.69) is 16.8 Å². The normalized spacial score (nSPS) is 16.9. The summed E-state index contributed by atoms with van der Waals surface area (Å²) in [5, 5.41) is 0. The minimum absolute atomic E-state index is 0.0394. The molecule has 1 aliphatic rings. The van der Waals surface area contributed by atoms with Crippen molar-refractivity contribution >= 4 is 5.91 Å². The molecule has 0 aliphatic carbocycles. The van der Waals surface area contributed by atoms with Crippen LogP contribution in [0, 0.1) is 12.7 Å². The van der Waals surface area contributed by atoms with Gasteiger partial charge in [0, 0.05) is 39.3 Å². The Hall–Kier alpha value is -2.21. The molecule has 1 unspecified atom stereocenters. The Morgan fingerprint density at radius 1 is 1.20 bits per heavy atom. The van der Waals surface area contributed by atoms with Crippen LogP contribution in [0.3, 0.4) is 0 Å². The minimum Gasteiger partial charge on any atom is -0.335 e. The second kappa shape index (κ2) is 7.35. The average Bonchev–Trinajstić information content (AvgIpc) is 2.96. The van der Waals surface area contributed by atoms with E-state index in [1.54, 1.807) is 6.20 Å². The molecule has 1 fully saturated rings. The maximum atomic E-state index is 13.2. The standard InChI is InChI=1S/C19H25FN4O/c1-4-17(15-5-7-16(20)8-6-15)23-9-11-24(12-10-23)19(25)18-13-21-14(2)22(18)3/h5-8,13,17H,4,9-12H2,1-3H3. The molecule has 0 N–H and O–H groups in total. The number of hydrogen-bond donors (Lipinski definition) is 0. The molecule has 1 aromatic heterocycles. The van der Waals surface area contributed by atoms with Gasteiger partial charge >= 0.3 is 0 Å². The van der Waals surface area contributed by atoms with Crippen LogP contribution in [0.5, 0.6) is 0 Å². The predicted octanol–water partition coefficient (Wildman–Crippen LogP) is 2.78. The number of aromatic nitrogens is 2. The van der Waals surface area contributed by atoms with Crippen molar-refractivity contribution in [2.45, 2.75) is 26.3 Å². The summed E-state index contributed by atoms with van der Waals surface area (Å²) in [5.41, 5.74) is 1.77. The molecule has 25 heavy (non-hydrogen) atoms. The van der Waals surface area contributed by atoms with Crippen LogP contribution >= 0.6 is 0 Å². The maximum Gasteiger partial charge on any atom is 0.272 e. The second-order valence-corrected chi connectivity index (χ2v) is 6.55. The van der Waals surface area contributed by atoms with E-state index in [0.29, 0.717) is 18.8 Å². The molecule has 0 radical (unpaired) electrons. The lowest BCUT2D eigenvalue weighted by Gasteiger charge is -2.39. The van der Waals surface area contributed by atoms with Crippen molar-refractivity contribution in [3.05, 3.63) is 53.4 Å². The van der Waals surface area contributed by atoms with Gasteiger partial charge < -0.3 is 9.47 Å². The molecule has 1 amide bonds. The third-order valence-electron chi connectivity index (χ3n) is 5.12. The molecule has 3 rings (SSSR count). The van der Waals surface area contributed by atoms with Gasteiger partial charge in [-0.1, -0.05) is 19.1 Å². The monoisotopic (exact) mass is 344 g/mol. The molecule has 2 aromatic rings. The fourth-order valence-corrected chi connectivity index (χ4v) is 3.49. The third-order valence-corrected chi connectivity index (χ3v) is 5.12. The highest BCUT2D eigenvalue weighted by Gasteiger charge is 2.28. The summed E-state index contributed by atoms with van der Waals surface area (Å²) in [4.78, 5) is 21.2. The first-order chi connectivity index (χ1) is 12.0. The number of piperazine rings is 1. The van der Waals surface area contributed by atoms with Crippen molar-refractivity contribution in [2.75, 3.05) is 26.2 Å². The van der Waals surface area contributed by atoms with Gasteiger partial charge in [0.25, 0.3) is 5.91 Å². The van der Waals surface area contributed by atoms with Crippen LogP contribution in [0.2, 0.25) is 0 Å². The molecule has 0 spiro atoms.